The van der Waals surface area contributed by atoms with Gasteiger partial charge in [0, 0.05) is 55.4 Å². The van der Waals surface area contributed by atoms with Gasteiger partial charge in [-0.15, -0.1) is 0 Å². The zero-order valence-electron chi connectivity index (χ0n) is 24.6. The van der Waals surface area contributed by atoms with Crippen LogP contribution in [0.15, 0.2) is 48.9 Å². The number of piperazine rings is 1. The Labute approximate surface area is 261 Å². The predicted molar refractivity (Wildman–Crippen MR) is 160 cm³/mol. The van der Waals surface area contributed by atoms with Gasteiger partial charge in [0.25, 0.3) is 5.91 Å². The highest BCUT2D eigenvalue weighted by Crippen LogP contribution is 2.32. The van der Waals surface area contributed by atoms with Crippen LogP contribution in [0.2, 0.25) is 0 Å². The number of amides is 2. The molecule has 0 spiro atoms. The number of aromatic nitrogens is 3. The lowest BCUT2D eigenvalue weighted by Gasteiger charge is -2.40. The number of esters is 1. The summed E-state index contributed by atoms with van der Waals surface area (Å²) in [5.41, 5.74) is 12.8. The van der Waals surface area contributed by atoms with Gasteiger partial charge in [0.2, 0.25) is 5.82 Å². The Hall–Kier alpha value is -5.66. The summed E-state index contributed by atoms with van der Waals surface area (Å²) in [6, 6.07) is 9.35. The number of nitriles is 1. The van der Waals surface area contributed by atoms with Crippen molar-refractivity contribution >= 4 is 34.9 Å². The van der Waals surface area contributed by atoms with E-state index in [0.29, 0.717) is 47.9 Å². The molecule has 0 saturated carbocycles. The number of imidazole rings is 1. The first-order chi connectivity index (χ1) is 22.1. The molecule has 1 unspecified atom stereocenters. The number of nitrogens with one attached hydrogen (secondary N) is 1. The van der Waals surface area contributed by atoms with Crippen molar-refractivity contribution in [3.63, 3.8) is 0 Å². The Bertz CT molecular complexity index is 1860. The fourth-order valence-corrected chi connectivity index (χ4v) is 5.13. The van der Waals surface area contributed by atoms with Crippen molar-refractivity contribution in [3.05, 3.63) is 71.7 Å². The van der Waals surface area contributed by atoms with Crippen LogP contribution >= 0.6 is 0 Å². The minimum Gasteiger partial charge on any atom is -0.476 e. The maximum atomic E-state index is 15.0. The van der Waals surface area contributed by atoms with Crippen molar-refractivity contribution < 1.29 is 32.6 Å². The van der Waals surface area contributed by atoms with Crippen LogP contribution in [0.5, 0.6) is 5.75 Å². The maximum Gasteiger partial charge on any atom is 0.398 e. The summed E-state index contributed by atoms with van der Waals surface area (Å²) in [7, 11) is 0. The van der Waals surface area contributed by atoms with E-state index in [-0.39, 0.29) is 36.0 Å². The van der Waals surface area contributed by atoms with E-state index >= 15 is 0 Å². The fraction of sp³-hybridized carbons (Fsp3) is 0.267. The van der Waals surface area contributed by atoms with Crippen LogP contribution in [0.1, 0.15) is 15.9 Å². The van der Waals surface area contributed by atoms with Gasteiger partial charge < -0.3 is 31.2 Å². The lowest BCUT2D eigenvalue weighted by Crippen LogP contribution is -2.57. The van der Waals surface area contributed by atoms with E-state index in [0.717, 1.165) is 0 Å². The number of primary amides is 1. The molecule has 1 saturated heterocycles. The molecule has 5 N–H and O–H groups in total. The molecule has 0 radical (unpaired) electrons. The number of fused-ring (bicyclic) bond motifs is 1. The van der Waals surface area contributed by atoms with Gasteiger partial charge >= 0.3 is 11.9 Å². The van der Waals surface area contributed by atoms with Crippen LogP contribution < -0.4 is 21.5 Å². The van der Waals surface area contributed by atoms with E-state index in [1.54, 1.807) is 46.7 Å². The van der Waals surface area contributed by atoms with Gasteiger partial charge in [-0.05, 0) is 42.8 Å². The zero-order valence-corrected chi connectivity index (χ0v) is 24.6. The number of hydrogen-bond donors (Lipinski definition) is 3. The van der Waals surface area contributed by atoms with Gasteiger partial charge in [-0.3, -0.25) is 18.9 Å². The summed E-state index contributed by atoms with van der Waals surface area (Å²) >= 11 is 0. The maximum absolute atomic E-state index is 15.0. The molecule has 4 aromatic rings. The van der Waals surface area contributed by atoms with Crippen molar-refractivity contribution in [3.8, 4) is 23.1 Å². The van der Waals surface area contributed by atoms with Crippen LogP contribution in [0, 0.1) is 29.9 Å². The second-order valence-corrected chi connectivity index (χ2v) is 10.3. The third-order valence-electron chi connectivity index (χ3n) is 7.35. The Morgan fingerprint density at radius 3 is 2.67 bits per heavy atom. The Morgan fingerprint density at radius 1 is 1.15 bits per heavy atom. The quantitative estimate of drug-likeness (QED) is 0.179. The molecule has 238 valence electrons. The molecular weight excluding hydrogens is 604 g/mol. The number of nitrogens with zero attached hydrogens (tertiary/aromatic N) is 6. The summed E-state index contributed by atoms with van der Waals surface area (Å²) in [4.78, 5) is 48.6. The van der Waals surface area contributed by atoms with Gasteiger partial charge in [0.1, 0.15) is 6.07 Å². The minimum absolute atomic E-state index is 0.0194. The molecule has 1 aliphatic rings. The fourth-order valence-electron chi connectivity index (χ4n) is 5.13. The molecule has 2 aromatic carbocycles. The van der Waals surface area contributed by atoms with E-state index < -0.39 is 36.3 Å². The number of carbonyl (C=O) groups is 3. The number of anilines is 2. The van der Waals surface area contributed by atoms with Gasteiger partial charge in [0.05, 0.1) is 18.4 Å². The number of aryl methyl sites for hydroxylation is 1. The van der Waals surface area contributed by atoms with Crippen LogP contribution in [0.4, 0.5) is 20.3 Å². The zero-order chi connectivity index (χ0) is 33.0. The van der Waals surface area contributed by atoms with E-state index in [2.05, 4.69) is 15.3 Å². The normalized spacial score (nSPS) is 14.9. The van der Waals surface area contributed by atoms with Crippen molar-refractivity contribution in [2.24, 2.45) is 11.5 Å². The highest BCUT2D eigenvalue weighted by atomic mass is 19.2. The smallest absolute Gasteiger partial charge is 0.398 e. The number of nitrogens with two attached hydrogens (primary N) is 2. The molecule has 1 aliphatic heterocycles. The Balaban J connectivity index is 1.34. The van der Waals surface area contributed by atoms with E-state index in [1.165, 1.54) is 29.4 Å². The largest absolute Gasteiger partial charge is 0.476 e. The summed E-state index contributed by atoms with van der Waals surface area (Å²) in [6.45, 7) is 2.75. The SMILES string of the molecule is Cc1cc(Nc2nccn3c(-c4ccc(OCC#N)c(F)c4F)cnc23)ccc1C(=O)N1CCN(CCN)C(OC(=O)C(N)=O)C1. The standard InChI is InChI=1S/C30H29F2N9O5/c1-17-14-18(2-3-19(17)29(43)40-12-11-39(9-6-33)23(16-40)46-30(44)26(35)42)38-27-28-37-15-21(41(28)10-8-36-27)20-4-5-22(45-13-7-34)25(32)24(20)31/h2-5,8,10,14-15,23H,6,9,11-13,16,33H2,1H3,(H2,35,42)(H,36,38). The van der Waals surface area contributed by atoms with E-state index in [4.69, 9.17) is 26.2 Å². The molecule has 2 aromatic heterocycles. The van der Waals surface area contributed by atoms with Gasteiger partial charge in [0.15, 0.2) is 35.9 Å². The number of hydrogen-bond acceptors (Lipinski definition) is 11. The molecule has 1 fully saturated rings. The minimum atomic E-state index is -1.23. The third kappa shape index (κ3) is 6.41. The molecule has 16 heteroatoms. The van der Waals surface area contributed by atoms with Crippen LogP contribution in [-0.4, -0.2) is 87.5 Å². The van der Waals surface area contributed by atoms with E-state index in [9.17, 15) is 23.2 Å². The monoisotopic (exact) mass is 633 g/mol. The summed E-state index contributed by atoms with van der Waals surface area (Å²) in [5.74, 6) is -5.16. The Kier molecular flexibility index (Phi) is 9.35. The lowest BCUT2D eigenvalue weighted by molar-refractivity contribution is -0.169. The second-order valence-electron chi connectivity index (χ2n) is 10.3. The summed E-state index contributed by atoms with van der Waals surface area (Å²) in [6.07, 6.45) is 3.52. The van der Waals surface area contributed by atoms with Crippen molar-refractivity contribution in [2.45, 2.75) is 13.2 Å². The highest BCUT2D eigenvalue weighted by Gasteiger charge is 2.33. The molecule has 1 atom stereocenters. The van der Waals surface area contributed by atoms with Crippen molar-refractivity contribution in [2.75, 3.05) is 44.6 Å². The first-order valence-electron chi connectivity index (χ1n) is 14.0. The molecule has 14 nitrogen and oxygen atoms in total. The predicted octanol–water partition coefficient (Wildman–Crippen LogP) is 1.70. The molecule has 0 aliphatic carbocycles. The first kappa shape index (κ1) is 31.8. The number of halogens is 2. The highest BCUT2D eigenvalue weighted by molar-refractivity contribution is 6.31. The third-order valence-corrected chi connectivity index (χ3v) is 7.35. The Morgan fingerprint density at radius 2 is 1.96 bits per heavy atom. The topological polar surface area (TPSA) is 194 Å². The molecule has 2 amide bonds. The molecule has 46 heavy (non-hydrogen) atoms. The molecular formula is C30H29F2N9O5. The first-order valence-corrected chi connectivity index (χ1v) is 14.0. The summed E-state index contributed by atoms with van der Waals surface area (Å²) in [5, 5.41) is 11.8. The molecule has 0 bridgehead atoms. The molecule has 5 rings (SSSR count). The number of benzene rings is 2. The number of ether oxygens (including phenoxy) is 2. The van der Waals surface area contributed by atoms with Gasteiger partial charge in [-0.1, -0.05) is 0 Å². The van der Waals surface area contributed by atoms with Crippen LogP contribution in [0.3, 0.4) is 0 Å². The summed E-state index contributed by atoms with van der Waals surface area (Å²) < 4.78 is 41.3. The van der Waals surface area contributed by atoms with Crippen LogP contribution in [0.25, 0.3) is 16.9 Å². The average molecular weight is 634 g/mol. The average Bonchev–Trinajstić information content (AvgIpc) is 3.47. The lowest BCUT2D eigenvalue weighted by atomic mass is 10.1. The molecule has 3 heterocycles. The number of carbonyl (C=O) groups excluding carboxylic acids is 3. The second kappa shape index (κ2) is 13.5. The van der Waals surface area contributed by atoms with Crippen molar-refractivity contribution in [1.82, 2.24) is 24.2 Å². The van der Waals surface area contributed by atoms with Crippen LogP contribution in [-0.2, 0) is 14.3 Å². The van der Waals surface area contributed by atoms with E-state index in [1.807, 2.05) is 0 Å². The van der Waals surface area contributed by atoms with Gasteiger partial charge in [-0.25, -0.2) is 19.2 Å². The number of rotatable bonds is 9. The van der Waals surface area contributed by atoms with Crippen molar-refractivity contribution in [1.29, 1.82) is 5.26 Å². The van der Waals surface area contributed by atoms with Gasteiger partial charge in [-0.2, -0.15) is 9.65 Å².